The smallest absolute Gasteiger partial charge is 0.301 e. The fourth-order valence-electron chi connectivity index (χ4n) is 1.82. The minimum absolute atomic E-state index is 0.198. The van der Waals surface area contributed by atoms with Gasteiger partial charge in [-0.3, -0.25) is 10.2 Å². The van der Waals surface area contributed by atoms with Crippen molar-refractivity contribution in [3.8, 4) is 0 Å². The molecule has 100 valence electrons. The molecule has 0 aliphatic rings. The number of hydrazine groups is 1. The maximum Gasteiger partial charge on any atom is 0.301 e. The van der Waals surface area contributed by atoms with E-state index < -0.39 is 5.91 Å². The summed E-state index contributed by atoms with van der Waals surface area (Å²) in [6, 6.07) is 7.43. The van der Waals surface area contributed by atoms with Crippen LogP contribution in [0.4, 0.5) is 0 Å². The lowest BCUT2D eigenvalue weighted by Gasteiger charge is -2.02. The standard InChI is InChI=1S/C14H16N2O3/c1-2-3-8-18-9-11-10-6-4-5-7-12(10)19-13(11)14(17)16-15/h2-7H,8-9,15H2,1H3,(H,16,17). The van der Waals surface area contributed by atoms with Gasteiger partial charge in [0.1, 0.15) is 5.58 Å². The molecule has 1 aromatic carbocycles. The molecule has 0 bridgehead atoms. The molecule has 1 heterocycles. The highest BCUT2D eigenvalue weighted by atomic mass is 16.5. The maximum absolute atomic E-state index is 11.7. The molecule has 0 unspecified atom stereocenters. The van der Waals surface area contributed by atoms with Crippen LogP contribution in [0, 0.1) is 0 Å². The average molecular weight is 260 g/mol. The highest BCUT2D eigenvalue weighted by Crippen LogP contribution is 2.26. The van der Waals surface area contributed by atoms with E-state index in [0.717, 1.165) is 5.39 Å². The molecule has 2 aromatic rings. The Morgan fingerprint density at radius 2 is 2.26 bits per heavy atom. The van der Waals surface area contributed by atoms with Crippen LogP contribution in [0.2, 0.25) is 0 Å². The highest BCUT2D eigenvalue weighted by molar-refractivity contribution is 5.98. The summed E-state index contributed by atoms with van der Waals surface area (Å²) >= 11 is 0. The number of furan rings is 1. The van der Waals surface area contributed by atoms with Crippen LogP contribution in [0.15, 0.2) is 40.8 Å². The van der Waals surface area contributed by atoms with Gasteiger partial charge in [-0.05, 0) is 13.0 Å². The van der Waals surface area contributed by atoms with Gasteiger partial charge >= 0.3 is 5.91 Å². The van der Waals surface area contributed by atoms with Crippen LogP contribution < -0.4 is 11.3 Å². The Balaban J connectivity index is 2.34. The summed E-state index contributed by atoms with van der Waals surface area (Å²) in [6.45, 7) is 2.70. The number of nitrogen functional groups attached to an aromatic ring is 1. The molecule has 5 heteroatoms. The van der Waals surface area contributed by atoms with E-state index in [2.05, 4.69) is 5.43 Å². The van der Waals surface area contributed by atoms with Crippen molar-refractivity contribution in [3.63, 3.8) is 0 Å². The number of hydrogen-bond acceptors (Lipinski definition) is 4. The fourth-order valence-corrected chi connectivity index (χ4v) is 1.82. The zero-order chi connectivity index (χ0) is 13.7. The number of nitrogens with two attached hydrogens (primary N) is 1. The molecule has 1 amide bonds. The number of amides is 1. The molecule has 3 N–H and O–H groups in total. The Labute approximate surface area is 111 Å². The first-order valence-corrected chi connectivity index (χ1v) is 5.98. The van der Waals surface area contributed by atoms with Crippen LogP contribution >= 0.6 is 0 Å². The number of allylic oxidation sites excluding steroid dienone is 1. The Morgan fingerprint density at radius 3 is 3.00 bits per heavy atom. The molecule has 1 aromatic heterocycles. The van der Waals surface area contributed by atoms with Crippen molar-refractivity contribution in [2.45, 2.75) is 13.5 Å². The van der Waals surface area contributed by atoms with E-state index in [0.29, 0.717) is 24.4 Å². The summed E-state index contributed by atoms with van der Waals surface area (Å²) in [7, 11) is 0. The second kappa shape index (κ2) is 6.17. The number of rotatable bonds is 5. The van der Waals surface area contributed by atoms with Crippen molar-refractivity contribution in [3.05, 3.63) is 47.7 Å². The minimum Gasteiger partial charge on any atom is -0.450 e. The van der Waals surface area contributed by atoms with Crippen LogP contribution in [0.5, 0.6) is 0 Å². The first kappa shape index (κ1) is 13.3. The van der Waals surface area contributed by atoms with Gasteiger partial charge in [-0.25, -0.2) is 5.84 Å². The van der Waals surface area contributed by atoms with Crippen LogP contribution in [-0.4, -0.2) is 12.5 Å². The lowest BCUT2D eigenvalue weighted by molar-refractivity contribution is 0.0918. The summed E-state index contributed by atoms with van der Waals surface area (Å²) < 4.78 is 11.0. The molecule has 0 aliphatic heterocycles. The van der Waals surface area contributed by atoms with Gasteiger partial charge in [0.25, 0.3) is 0 Å². The van der Waals surface area contributed by atoms with Gasteiger partial charge in [0.2, 0.25) is 0 Å². The van der Waals surface area contributed by atoms with Gasteiger partial charge in [-0.15, -0.1) is 0 Å². The summed E-state index contributed by atoms with van der Waals surface area (Å²) in [6.07, 6.45) is 3.80. The third-order valence-corrected chi connectivity index (χ3v) is 2.73. The summed E-state index contributed by atoms with van der Waals surface area (Å²) in [5.41, 5.74) is 3.44. The quantitative estimate of drug-likeness (QED) is 0.284. The third-order valence-electron chi connectivity index (χ3n) is 2.73. The Kier molecular flexibility index (Phi) is 4.33. The molecule has 0 aliphatic carbocycles. The van der Waals surface area contributed by atoms with Crippen molar-refractivity contribution >= 4 is 16.9 Å². The van der Waals surface area contributed by atoms with Crippen molar-refractivity contribution in [1.29, 1.82) is 0 Å². The number of benzene rings is 1. The van der Waals surface area contributed by atoms with Crippen molar-refractivity contribution < 1.29 is 13.9 Å². The van der Waals surface area contributed by atoms with E-state index in [9.17, 15) is 4.79 Å². The van der Waals surface area contributed by atoms with E-state index in [1.165, 1.54) is 0 Å². The molecular weight excluding hydrogens is 244 g/mol. The predicted octanol–water partition coefficient (Wildman–Crippen LogP) is 2.13. The van der Waals surface area contributed by atoms with E-state index in [1.807, 2.05) is 37.3 Å². The van der Waals surface area contributed by atoms with E-state index in [1.54, 1.807) is 6.07 Å². The topological polar surface area (TPSA) is 77.5 Å². The van der Waals surface area contributed by atoms with Crippen LogP contribution in [0.3, 0.4) is 0 Å². The Hall–Kier alpha value is -2.11. The highest BCUT2D eigenvalue weighted by Gasteiger charge is 2.19. The molecule has 0 spiro atoms. The number of hydrogen-bond donors (Lipinski definition) is 2. The van der Waals surface area contributed by atoms with Crippen molar-refractivity contribution in [1.82, 2.24) is 5.43 Å². The number of ether oxygens (including phenoxy) is 1. The second-order valence-corrected chi connectivity index (χ2v) is 3.96. The molecule has 0 fully saturated rings. The summed E-state index contributed by atoms with van der Waals surface area (Å²) in [5.74, 6) is 4.90. The second-order valence-electron chi connectivity index (χ2n) is 3.96. The SMILES string of the molecule is CC=CCOCc1c(C(=O)NN)oc2ccccc12. The molecule has 19 heavy (non-hydrogen) atoms. The lowest BCUT2D eigenvalue weighted by atomic mass is 10.1. The number of fused-ring (bicyclic) bond motifs is 1. The van der Waals surface area contributed by atoms with Crippen molar-refractivity contribution in [2.24, 2.45) is 5.84 Å². The van der Waals surface area contributed by atoms with Gasteiger partial charge < -0.3 is 9.15 Å². The zero-order valence-corrected chi connectivity index (χ0v) is 10.7. The summed E-state index contributed by atoms with van der Waals surface area (Å²) in [5, 5.41) is 0.863. The van der Waals surface area contributed by atoms with Gasteiger partial charge in [0.05, 0.1) is 13.2 Å². The van der Waals surface area contributed by atoms with Gasteiger partial charge in [0, 0.05) is 10.9 Å². The Morgan fingerprint density at radius 1 is 1.47 bits per heavy atom. The predicted molar refractivity (Wildman–Crippen MR) is 72.3 cm³/mol. The largest absolute Gasteiger partial charge is 0.450 e. The first-order valence-electron chi connectivity index (χ1n) is 5.98. The maximum atomic E-state index is 11.7. The zero-order valence-electron chi connectivity index (χ0n) is 10.7. The van der Waals surface area contributed by atoms with Crippen LogP contribution in [0.25, 0.3) is 11.0 Å². The van der Waals surface area contributed by atoms with Crippen molar-refractivity contribution in [2.75, 3.05) is 6.61 Å². The fraction of sp³-hybridized carbons (Fsp3) is 0.214. The molecule has 0 saturated heterocycles. The average Bonchev–Trinajstić information content (AvgIpc) is 2.81. The third kappa shape index (κ3) is 2.83. The van der Waals surface area contributed by atoms with Gasteiger partial charge in [-0.1, -0.05) is 30.4 Å². The molecule has 5 nitrogen and oxygen atoms in total. The Bertz CT molecular complexity index is 602. The minimum atomic E-state index is -0.458. The molecule has 0 atom stereocenters. The number of nitrogens with one attached hydrogen (secondary N) is 1. The van der Waals surface area contributed by atoms with Gasteiger partial charge in [-0.2, -0.15) is 0 Å². The first-order chi connectivity index (χ1) is 9.27. The molecule has 0 radical (unpaired) electrons. The van der Waals surface area contributed by atoms with Crippen LogP contribution in [0.1, 0.15) is 23.0 Å². The number of carbonyl (C=O) groups is 1. The lowest BCUT2D eigenvalue weighted by Crippen LogP contribution is -2.30. The van der Waals surface area contributed by atoms with E-state index in [4.69, 9.17) is 15.0 Å². The number of carbonyl (C=O) groups excluding carboxylic acids is 1. The molecule has 2 rings (SSSR count). The molecular formula is C14H16N2O3. The normalized spacial score (nSPS) is 11.3. The van der Waals surface area contributed by atoms with Gasteiger partial charge in [0.15, 0.2) is 5.76 Å². The number of para-hydroxylation sites is 1. The summed E-state index contributed by atoms with van der Waals surface area (Å²) in [4.78, 5) is 11.7. The molecule has 0 saturated carbocycles. The van der Waals surface area contributed by atoms with E-state index >= 15 is 0 Å². The van der Waals surface area contributed by atoms with E-state index in [-0.39, 0.29) is 5.76 Å². The van der Waals surface area contributed by atoms with Crippen LogP contribution in [-0.2, 0) is 11.3 Å². The monoisotopic (exact) mass is 260 g/mol.